The van der Waals surface area contributed by atoms with Crippen molar-refractivity contribution in [2.75, 3.05) is 0 Å². The molecule has 0 atom stereocenters. The summed E-state index contributed by atoms with van der Waals surface area (Å²) in [5, 5.41) is 2.36. The Morgan fingerprint density at radius 2 is 0.736 bits per heavy atom. The molecule has 0 saturated carbocycles. The van der Waals surface area contributed by atoms with Gasteiger partial charge in [-0.2, -0.15) is 0 Å². The third-order valence-electron chi connectivity index (χ3n) is 9.80. The van der Waals surface area contributed by atoms with Gasteiger partial charge in [0.1, 0.15) is 5.82 Å². The smallest absolute Gasteiger partial charge is 0.145 e. The van der Waals surface area contributed by atoms with Gasteiger partial charge < -0.3 is 0 Å². The number of hydrogen-bond acceptors (Lipinski definition) is 1. The molecule has 0 fully saturated rings. The Hall–Kier alpha value is -7.03. The van der Waals surface area contributed by atoms with E-state index in [-0.39, 0.29) is 0 Å². The first kappa shape index (κ1) is 31.9. The molecule has 53 heavy (non-hydrogen) atoms. The summed E-state index contributed by atoms with van der Waals surface area (Å²) >= 11 is 0. The summed E-state index contributed by atoms with van der Waals surface area (Å²) < 4.78 is 2.36. The molecule has 0 bridgehead atoms. The van der Waals surface area contributed by atoms with Crippen molar-refractivity contribution in [1.29, 1.82) is 0 Å². The largest absolute Gasteiger partial charge is 0.292 e. The summed E-state index contributed by atoms with van der Waals surface area (Å²) in [6.45, 7) is 0. The van der Waals surface area contributed by atoms with E-state index in [1.165, 1.54) is 27.5 Å². The first-order chi connectivity index (χ1) is 26.3. The van der Waals surface area contributed by atoms with Crippen LogP contribution in [0.25, 0.3) is 85.4 Å². The second-order valence-corrected chi connectivity index (χ2v) is 13.2. The molecule has 0 radical (unpaired) electrons. The summed E-state index contributed by atoms with van der Waals surface area (Å²) in [4.78, 5) is 5.59. The van der Waals surface area contributed by atoms with Crippen LogP contribution in [0.2, 0.25) is 0 Å². The van der Waals surface area contributed by atoms with Crippen molar-refractivity contribution in [1.82, 2.24) is 9.55 Å². The molecule has 250 valence electrons. The van der Waals surface area contributed by atoms with Crippen molar-refractivity contribution in [2.24, 2.45) is 0 Å². The van der Waals surface area contributed by atoms with Crippen LogP contribution in [0.1, 0.15) is 22.3 Å². The Labute approximate surface area is 310 Å². The van der Waals surface area contributed by atoms with Crippen LogP contribution in [0.3, 0.4) is 0 Å². The lowest BCUT2D eigenvalue weighted by Gasteiger charge is -2.17. The maximum atomic E-state index is 5.59. The molecular weight excluding hydrogens is 641 g/mol. The Morgan fingerprint density at radius 3 is 1.25 bits per heavy atom. The molecule has 0 spiro atoms. The monoisotopic (exact) mass is 676 g/mol. The summed E-state index contributed by atoms with van der Waals surface area (Å²) in [5.41, 5.74) is 13.4. The molecule has 0 N–H and O–H groups in total. The Morgan fingerprint density at radius 1 is 0.340 bits per heavy atom. The zero-order valence-electron chi connectivity index (χ0n) is 29.2. The number of fused-ring (bicyclic) bond motifs is 2. The number of para-hydroxylation sites is 1. The van der Waals surface area contributed by atoms with E-state index in [4.69, 9.17) is 4.98 Å². The maximum Gasteiger partial charge on any atom is 0.145 e. The molecule has 0 saturated heterocycles. The van der Waals surface area contributed by atoms with Crippen molar-refractivity contribution in [3.63, 3.8) is 0 Å². The van der Waals surface area contributed by atoms with Gasteiger partial charge in [-0.25, -0.2) is 4.98 Å². The minimum atomic E-state index is 0.912. The molecule has 9 rings (SSSR count). The highest BCUT2D eigenvalue weighted by atomic mass is 15.1. The Kier molecular flexibility index (Phi) is 8.61. The van der Waals surface area contributed by atoms with E-state index in [0.717, 1.165) is 55.9 Å². The molecule has 9 aromatic rings. The Bertz CT molecular complexity index is 2710. The van der Waals surface area contributed by atoms with Gasteiger partial charge >= 0.3 is 0 Å². The first-order valence-electron chi connectivity index (χ1n) is 18.1. The highest BCUT2D eigenvalue weighted by Crippen LogP contribution is 2.46. The lowest BCUT2D eigenvalue weighted by Crippen LogP contribution is -1.99. The third-order valence-corrected chi connectivity index (χ3v) is 9.80. The number of nitrogens with zero attached hydrogens (tertiary/aromatic N) is 2. The molecule has 2 heteroatoms. The van der Waals surface area contributed by atoms with Gasteiger partial charge in [-0.15, -0.1) is 0 Å². The molecule has 8 aromatic carbocycles. The number of hydrogen-bond donors (Lipinski definition) is 0. The van der Waals surface area contributed by atoms with E-state index in [1.54, 1.807) is 0 Å². The summed E-state index contributed by atoms with van der Waals surface area (Å²) in [7, 11) is 0. The predicted molar refractivity (Wildman–Crippen MR) is 226 cm³/mol. The highest BCUT2D eigenvalue weighted by Gasteiger charge is 2.25. The van der Waals surface area contributed by atoms with Gasteiger partial charge in [0.25, 0.3) is 0 Å². The van der Waals surface area contributed by atoms with Crippen LogP contribution < -0.4 is 0 Å². The summed E-state index contributed by atoms with van der Waals surface area (Å²) in [5.74, 6) is 0.912. The molecule has 1 aromatic heterocycles. The van der Waals surface area contributed by atoms with Crippen LogP contribution >= 0.6 is 0 Å². The van der Waals surface area contributed by atoms with Crippen molar-refractivity contribution >= 4 is 46.1 Å². The van der Waals surface area contributed by atoms with Gasteiger partial charge in [0, 0.05) is 22.4 Å². The van der Waals surface area contributed by atoms with E-state index in [9.17, 15) is 0 Å². The zero-order chi connectivity index (χ0) is 35.4. The van der Waals surface area contributed by atoms with Gasteiger partial charge in [-0.05, 0) is 56.3 Å². The normalized spacial score (nSPS) is 11.6. The van der Waals surface area contributed by atoms with Crippen LogP contribution in [0.4, 0.5) is 0 Å². The fourth-order valence-electron chi connectivity index (χ4n) is 7.23. The van der Waals surface area contributed by atoms with Crippen LogP contribution in [-0.2, 0) is 0 Å². The Balaban J connectivity index is 1.29. The predicted octanol–water partition coefficient (Wildman–Crippen LogP) is 13.5. The van der Waals surface area contributed by atoms with E-state index < -0.39 is 0 Å². The number of aromatic nitrogens is 2. The molecule has 0 aliphatic rings. The average Bonchev–Trinajstić information content (AvgIpc) is 3.63. The molecule has 0 amide bonds. The average molecular weight is 677 g/mol. The van der Waals surface area contributed by atoms with Crippen LogP contribution in [-0.4, -0.2) is 9.55 Å². The van der Waals surface area contributed by atoms with E-state index in [1.807, 2.05) is 12.1 Å². The van der Waals surface area contributed by atoms with Crippen molar-refractivity contribution in [3.05, 3.63) is 216 Å². The minimum Gasteiger partial charge on any atom is -0.292 e. The third kappa shape index (κ3) is 6.39. The second-order valence-electron chi connectivity index (χ2n) is 13.2. The number of benzene rings is 8. The van der Waals surface area contributed by atoms with E-state index in [2.05, 4.69) is 211 Å². The molecule has 2 nitrogen and oxygen atoms in total. The molecule has 0 aliphatic carbocycles. The van der Waals surface area contributed by atoms with Gasteiger partial charge in [0.15, 0.2) is 0 Å². The van der Waals surface area contributed by atoms with Gasteiger partial charge in [-0.1, -0.05) is 206 Å². The van der Waals surface area contributed by atoms with Crippen LogP contribution in [0, 0.1) is 0 Å². The lowest BCUT2D eigenvalue weighted by atomic mass is 9.89. The number of imidazole rings is 1. The van der Waals surface area contributed by atoms with E-state index >= 15 is 0 Å². The van der Waals surface area contributed by atoms with E-state index in [0.29, 0.717) is 0 Å². The van der Waals surface area contributed by atoms with Crippen LogP contribution in [0.15, 0.2) is 194 Å². The standard InChI is InChI=1S/C51H36N2/c1-5-15-37(16-6-1)25-27-39-29-33-41(34-30-39)47-45-23-13-14-24-46(45)48(42-35-31-40(32-36-42)28-26-38-17-7-2-8-18-38)50-49(47)52-51(43-19-9-3-10-20-43)53(50)44-21-11-4-12-22-44/h1-36H/b27-25+,28-26+. The molecule has 0 aliphatic heterocycles. The second kappa shape index (κ2) is 14.3. The van der Waals surface area contributed by atoms with Crippen molar-refractivity contribution in [2.45, 2.75) is 0 Å². The topological polar surface area (TPSA) is 17.8 Å². The van der Waals surface area contributed by atoms with Crippen molar-refractivity contribution < 1.29 is 0 Å². The maximum absolute atomic E-state index is 5.59. The van der Waals surface area contributed by atoms with Gasteiger partial charge in [0.05, 0.1) is 11.0 Å². The zero-order valence-corrected chi connectivity index (χ0v) is 29.2. The number of rotatable bonds is 8. The SMILES string of the molecule is C(=C\c1ccc(-c2c3ccccc3c(-c3ccc(/C=C/c4ccccc4)cc3)c3c2nc(-c2ccccc2)n3-c2ccccc2)cc1)/c1ccccc1. The lowest BCUT2D eigenvalue weighted by molar-refractivity contribution is 1.10. The molecule has 1 heterocycles. The fourth-order valence-corrected chi connectivity index (χ4v) is 7.23. The summed E-state index contributed by atoms with van der Waals surface area (Å²) in [6.07, 6.45) is 8.67. The quantitative estimate of drug-likeness (QED) is 0.147. The summed E-state index contributed by atoms with van der Waals surface area (Å²) in [6, 6.07) is 68.7. The first-order valence-corrected chi connectivity index (χ1v) is 18.1. The van der Waals surface area contributed by atoms with Gasteiger partial charge in [0.2, 0.25) is 0 Å². The van der Waals surface area contributed by atoms with Gasteiger partial charge in [-0.3, -0.25) is 4.57 Å². The highest BCUT2D eigenvalue weighted by molar-refractivity contribution is 6.20. The minimum absolute atomic E-state index is 0.912. The molecule has 0 unspecified atom stereocenters. The van der Waals surface area contributed by atoms with Crippen molar-refractivity contribution in [3.8, 4) is 39.3 Å². The van der Waals surface area contributed by atoms with Crippen LogP contribution in [0.5, 0.6) is 0 Å². The molecular formula is C51H36N2. The fraction of sp³-hybridized carbons (Fsp3) is 0.